The Hall–Kier alpha value is -3.65. The van der Waals surface area contributed by atoms with Gasteiger partial charge in [0.1, 0.15) is 17.8 Å². The van der Waals surface area contributed by atoms with Gasteiger partial charge >= 0.3 is 0 Å². The van der Waals surface area contributed by atoms with E-state index in [9.17, 15) is 0 Å². The topological polar surface area (TPSA) is 110 Å². The Morgan fingerprint density at radius 2 is 1.91 bits per heavy atom. The van der Waals surface area contributed by atoms with Gasteiger partial charge in [-0.05, 0) is 87.4 Å². The molecule has 0 amide bonds. The fourth-order valence-corrected chi connectivity index (χ4v) is 5.20. The minimum absolute atomic E-state index is 0.0499. The number of piperidine rings is 1. The van der Waals surface area contributed by atoms with Crippen molar-refractivity contribution in [2.45, 2.75) is 76.4 Å². The number of aromatic nitrogens is 6. The van der Waals surface area contributed by atoms with Crippen molar-refractivity contribution < 1.29 is 4.39 Å². The van der Waals surface area contributed by atoms with E-state index in [0.29, 0.717) is 28.7 Å². The van der Waals surface area contributed by atoms with Crippen molar-refractivity contribution in [3.63, 3.8) is 0 Å². The molecule has 3 aromatic rings. The van der Waals surface area contributed by atoms with Gasteiger partial charge in [0.15, 0.2) is 5.82 Å². The highest BCUT2D eigenvalue weighted by Crippen LogP contribution is 2.43. The number of hydrogen-bond acceptors (Lipinski definition) is 8. The summed E-state index contributed by atoms with van der Waals surface area (Å²) < 4.78 is 16.5. The van der Waals surface area contributed by atoms with E-state index in [0.717, 1.165) is 25.7 Å². The number of nitrogens with zero attached hydrogens (tertiary/aromatic N) is 7. The normalized spacial score (nSPS) is 19.2. The van der Waals surface area contributed by atoms with Crippen molar-refractivity contribution in [1.82, 2.24) is 35.5 Å². The molecule has 0 unspecified atom stereocenters. The van der Waals surface area contributed by atoms with Gasteiger partial charge in [-0.15, -0.1) is 5.10 Å². The van der Waals surface area contributed by atoms with E-state index in [2.05, 4.69) is 74.0 Å². The van der Waals surface area contributed by atoms with Crippen molar-refractivity contribution in [3.8, 4) is 5.69 Å². The van der Waals surface area contributed by atoms with Crippen LogP contribution in [0, 0.1) is 12.4 Å². The largest absolute Gasteiger partial charge is 0.376 e. The standard InChI is InChI=1S/C24H29FN10/c1-23(2)10-16(11-24(3,4)32-23)29-21-18(26-5)12-27-22(31-21)30-15-8-17(14-6-7-14)20(25)19(9-15)35-13-28-33-34-35/h8-9,12-14,16,32H,6-7,10-11H2,1-4H3,(H2,27,29,30,31). The predicted octanol–water partition coefficient (Wildman–Crippen LogP) is 4.48. The third-order valence-electron chi connectivity index (χ3n) is 6.37. The van der Waals surface area contributed by atoms with Crippen molar-refractivity contribution >= 4 is 23.1 Å². The first-order chi connectivity index (χ1) is 16.6. The highest BCUT2D eigenvalue weighted by atomic mass is 19.1. The maximum Gasteiger partial charge on any atom is 0.246 e. The monoisotopic (exact) mass is 476 g/mol. The maximum absolute atomic E-state index is 15.2. The molecule has 0 spiro atoms. The third kappa shape index (κ3) is 5.07. The minimum atomic E-state index is -0.326. The van der Waals surface area contributed by atoms with Crippen LogP contribution in [-0.4, -0.2) is 47.3 Å². The van der Waals surface area contributed by atoms with Crippen LogP contribution in [0.5, 0.6) is 0 Å². The summed E-state index contributed by atoms with van der Waals surface area (Å²) >= 11 is 0. The number of halogens is 1. The molecule has 1 saturated carbocycles. The Morgan fingerprint density at radius 1 is 1.17 bits per heavy atom. The average Bonchev–Trinajstić information content (AvgIpc) is 3.46. The summed E-state index contributed by atoms with van der Waals surface area (Å²) in [6.07, 6.45) is 6.54. The van der Waals surface area contributed by atoms with Gasteiger partial charge < -0.3 is 16.0 Å². The molecule has 11 heteroatoms. The zero-order chi connectivity index (χ0) is 24.8. The van der Waals surface area contributed by atoms with E-state index in [1.165, 1.54) is 17.2 Å². The van der Waals surface area contributed by atoms with Crippen LogP contribution in [0.4, 0.5) is 27.5 Å². The van der Waals surface area contributed by atoms with Gasteiger partial charge in [0.05, 0.1) is 6.57 Å². The molecule has 3 heterocycles. The molecule has 1 aliphatic heterocycles. The number of tetrazole rings is 1. The first-order valence-electron chi connectivity index (χ1n) is 11.8. The van der Waals surface area contributed by atoms with Crippen LogP contribution in [0.2, 0.25) is 0 Å². The van der Waals surface area contributed by atoms with Gasteiger partial charge in [0.2, 0.25) is 11.6 Å². The molecule has 10 nitrogen and oxygen atoms in total. The van der Waals surface area contributed by atoms with E-state index in [-0.39, 0.29) is 34.5 Å². The number of nitrogens with one attached hydrogen (secondary N) is 3. The molecular formula is C24H29FN10. The lowest BCUT2D eigenvalue weighted by atomic mass is 9.79. The van der Waals surface area contributed by atoms with Crippen LogP contribution in [0.25, 0.3) is 10.5 Å². The van der Waals surface area contributed by atoms with Crippen LogP contribution in [0.15, 0.2) is 24.7 Å². The van der Waals surface area contributed by atoms with E-state index < -0.39 is 0 Å². The van der Waals surface area contributed by atoms with Crippen LogP contribution >= 0.6 is 0 Å². The van der Waals surface area contributed by atoms with Gasteiger partial charge in [0, 0.05) is 29.0 Å². The number of benzene rings is 1. The first kappa shape index (κ1) is 23.1. The van der Waals surface area contributed by atoms with E-state index in [1.807, 2.05) is 0 Å². The second-order valence-electron chi connectivity index (χ2n) is 10.7. The molecular weight excluding hydrogens is 447 g/mol. The molecule has 0 atom stereocenters. The SMILES string of the molecule is [C-]#[N+]c1cnc(Nc2cc(C3CC3)c(F)c(-n3cnnn3)c2)nc1NC1CC(C)(C)NC(C)(C)C1. The average molecular weight is 477 g/mol. The lowest BCUT2D eigenvalue weighted by Crippen LogP contribution is -2.60. The van der Waals surface area contributed by atoms with Crippen molar-refractivity contribution in [3.05, 3.63) is 47.5 Å². The van der Waals surface area contributed by atoms with Gasteiger partial charge in [-0.25, -0.2) is 19.2 Å². The van der Waals surface area contributed by atoms with Gasteiger partial charge in [-0.3, -0.25) is 0 Å². The lowest BCUT2D eigenvalue weighted by Gasteiger charge is -2.46. The van der Waals surface area contributed by atoms with Gasteiger partial charge in [0.25, 0.3) is 0 Å². The second-order valence-corrected chi connectivity index (χ2v) is 10.7. The Labute approximate surface area is 203 Å². The van der Waals surface area contributed by atoms with E-state index >= 15 is 4.39 Å². The van der Waals surface area contributed by atoms with E-state index in [1.54, 1.807) is 12.1 Å². The molecule has 5 rings (SSSR count). The summed E-state index contributed by atoms with van der Waals surface area (Å²) in [5.74, 6) is 0.666. The Kier molecular flexibility index (Phi) is 5.63. The van der Waals surface area contributed by atoms with Crippen LogP contribution < -0.4 is 16.0 Å². The summed E-state index contributed by atoms with van der Waals surface area (Å²) in [4.78, 5) is 12.6. The third-order valence-corrected chi connectivity index (χ3v) is 6.37. The summed E-state index contributed by atoms with van der Waals surface area (Å²) in [5, 5.41) is 21.5. The lowest BCUT2D eigenvalue weighted by molar-refractivity contribution is 0.170. The van der Waals surface area contributed by atoms with Crippen molar-refractivity contribution in [1.29, 1.82) is 0 Å². The molecule has 0 radical (unpaired) electrons. The smallest absolute Gasteiger partial charge is 0.246 e. The highest BCUT2D eigenvalue weighted by molar-refractivity contribution is 5.68. The van der Waals surface area contributed by atoms with E-state index in [4.69, 9.17) is 6.57 Å². The number of hydrogen-bond donors (Lipinski definition) is 3. The quantitative estimate of drug-likeness (QED) is 0.447. The highest BCUT2D eigenvalue weighted by Gasteiger charge is 2.38. The zero-order valence-electron chi connectivity index (χ0n) is 20.3. The first-order valence-corrected chi connectivity index (χ1v) is 11.8. The summed E-state index contributed by atoms with van der Waals surface area (Å²) in [7, 11) is 0. The van der Waals surface area contributed by atoms with Crippen molar-refractivity contribution in [2.24, 2.45) is 0 Å². The molecule has 1 saturated heterocycles. The minimum Gasteiger partial charge on any atom is -0.376 e. The second kappa shape index (κ2) is 8.53. The maximum atomic E-state index is 15.2. The molecule has 2 fully saturated rings. The summed E-state index contributed by atoms with van der Waals surface area (Å²) in [6.45, 7) is 16.3. The fraction of sp³-hybridized carbons (Fsp3) is 0.500. The number of rotatable bonds is 6. The molecule has 3 N–H and O–H groups in total. The fourth-order valence-electron chi connectivity index (χ4n) is 5.20. The molecule has 35 heavy (non-hydrogen) atoms. The van der Waals surface area contributed by atoms with Gasteiger partial charge in [-0.1, -0.05) is 0 Å². The Morgan fingerprint density at radius 3 is 2.54 bits per heavy atom. The van der Waals surface area contributed by atoms with Crippen LogP contribution in [-0.2, 0) is 0 Å². The Balaban J connectivity index is 1.44. The van der Waals surface area contributed by atoms with Crippen molar-refractivity contribution in [2.75, 3.05) is 10.6 Å². The number of anilines is 3. The van der Waals surface area contributed by atoms with Crippen LogP contribution in [0.1, 0.15) is 64.9 Å². The molecule has 1 aromatic carbocycles. The van der Waals surface area contributed by atoms with Crippen LogP contribution in [0.3, 0.4) is 0 Å². The molecule has 0 bridgehead atoms. The molecule has 2 aromatic heterocycles. The Bertz CT molecular complexity index is 1260. The summed E-state index contributed by atoms with van der Waals surface area (Å²) in [5.41, 5.74) is 1.77. The van der Waals surface area contributed by atoms with Gasteiger partial charge in [-0.2, -0.15) is 4.68 Å². The molecule has 2 aliphatic rings. The molecule has 1 aliphatic carbocycles. The summed E-state index contributed by atoms with van der Waals surface area (Å²) in [6, 6.07) is 3.57. The predicted molar refractivity (Wildman–Crippen MR) is 131 cm³/mol. The zero-order valence-corrected chi connectivity index (χ0v) is 20.3. The molecule has 182 valence electrons.